The van der Waals surface area contributed by atoms with Gasteiger partial charge in [-0.15, -0.1) is 0 Å². The minimum Gasteiger partial charge on any atom is -0.347 e. The van der Waals surface area contributed by atoms with Gasteiger partial charge in [-0.3, -0.25) is 0 Å². The summed E-state index contributed by atoms with van der Waals surface area (Å²) in [6.45, 7) is 6.12. The molecule has 0 fully saturated rings. The molecule has 0 saturated heterocycles. The van der Waals surface area contributed by atoms with Gasteiger partial charge >= 0.3 is 0 Å². The molecule has 0 unspecified atom stereocenters. The Kier molecular flexibility index (Phi) is 3.75. The van der Waals surface area contributed by atoms with E-state index in [2.05, 4.69) is 30.7 Å². The molecule has 92 valence electrons. The first-order valence-corrected chi connectivity index (χ1v) is 6.49. The highest BCUT2D eigenvalue weighted by molar-refractivity contribution is 6.31. The highest BCUT2D eigenvalue weighted by atomic mass is 35.5. The number of nitrogens with two attached hydrogens (primary N) is 1. The van der Waals surface area contributed by atoms with Crippen LogP contribution in [0.5, 0.6) is 0 Å². The van der Waals surface area contributed by atoms with Gasteiger partial charge in [0.1, 0.15) is 0 Å². The van der Waals surface area contributed by atoms with Crippen molar-refractivity contribution in [3.63, 3.8) is 0 Å². The molecule has 0 amide bonds. The van der Waals surface area contributed by atoms with E-state index in [1.54, 1.807) is 0 Å². The molecule has 2 N–H and O–H groups in total. The lowest BCUT2D eigenvalue weighted by molar-refractivity contribution is 0.666. The van der Waals surface area contributed by atoms with Gasteiger partial charge in [0.05, 0.1) is 0 Å². The summed E-state index contributed by atoms with van der Waals surface area (Å²) in [6, 6.07) is 6.12. The summed E-state index contributed by atoms with van der Waals surface area (Å²) in [5.41, 5.74) is 8.18. The van der Waals surface area contributed by atoms with Crippen molar-refractivity contribution in [1.29, 1.82) is 0 Å². The molecule has 2 aromatic rings. The molecular formula is C14H19ClN2. The van der Waals surface area contributed by atoms with E-state index < -0.39 is 0 Å². The lowest BCUT2D eigenvalue weighted by Crippen LogP contribution is -2.04. The number of hydrogen-bond acceptors (Lipinski definition) is 1. The van der Waals surface area contributed by atoms with E-state index >= 15 is 0 Å². The Labute approximate surface area is 107 Å². The average molecular weight is 251 g/mol. The van der Waals surface area contributed by atoms with Crippen LogP contribution in [0.4, 0.5) is 0 Å². The standard InChI is InChI=1S/C14H19ClN2/c1-10(2)13-9-17(7-3-6-16)14-8-11(15)4-5-12(13)14/h4-5,8-10H,3,6-7,16H2,1-2H3. The molecule has 2 rings (SSSR count). The Hall–Kier alpha value is -0.990. The Morgan fingerprint density at radius 2 is 2.12 bits per heavy atom. The van der Waals surface area contributed by atoms with Crippen molar-refractivity contribution in [1.82, 2.24) is 4.57 Å². The lowest BCUT2D eigenvalue weighted by atomic mass is 10.0. The summed E-state index contributed by atoms with van der Waals surface area (Å²) in [4.78, 5) is 0. The Balaban J connectivity index is 2.54. The first-order chi connectivity index (χ1) is 8.13. The molecule has 0 spiro atoms. The fourth-order valence-electron chi connectivity index (χ4n) is 2.20. The van der Waals surface area contributed by atoms with Crippen molar-refractivity contribution in [3.8, 4) is 0 Å². The van der Waals surface area contributed by atoms with E-state index in [9.17, 15) is 0 Å². The van der Waals surface area contributed by atoms with Gasteiger partial charge in [0.15, 0.2) is 0 Å². The summed E-state index contributed by atoms with van der Waals surface area (Å²) in [6.07, 6.45) is 3.23. The molecule has 3 heteroatoms. The number of nitrogens with zero attached hydrogens (tertiary/aromatic N) is 1. The van der Waals surface area contributed by atoms with Gasteiger partial charge in [-0.1, -0.05) is 31.5 Å². The predicted molar refractivity (Wildman–Crippen MR) is 74.7 cm³/mol. The molecule has 17 heavy (non-hydrogen) atoms. The zero-order valence-electron chi connectivity index (χ0n) is 10.4. The molecule has 0 aliphatic heterocycles. The molecule has 0 atom stereocenters. The summed E-state index contributed by atoms with van der Waals surface area (Å²) < 4.78 is 2.27. The van der Waals surface area contributed by atoms with E-state index in [0.29, 0.717) is 5.92 Å². The van der Waals surface area contributed by atoms with Gasteiger partial charge < -0.3 is 10.3 Å². The third-order valence-corrected chi connectivity index (χ3v) is 3.34. The number of halogens is 1. The number of benzene rings is 1. The maximum atomic E-state index is 6.08. The minimum atomic E-state index is 0.526. The second-order valence-corrected chi connectivity index (χ2v) is 5.17. The molecule has 2 nitrogen and oxygen atoms in total. The van der Waals surface area contributed by atoms with E-state index in [4.69, 9.17) is 17.3 Å². The maximum absolute atomic E-state index is 6.08. The first-order valence-electron chi connectivity index (χ1n) is 6.12. The molecule has 1 aromatic heterocycles. The van der Waals surface area contributed by atoms with Crippen LogP contribution in [0.3, 0.4) is 0 Å². The number of aromatic nitrogens is 1. The Bertz CT molecular complexity index is 514. The number of rotatable bonds is 4. The molecule has 0 radical (unpaired) electrons. The summed E-state index contributed by atoms with van der Waals surface area (Å²) >= 11 is 6.08. The SMILES string of the molecule is CC(C)c1cn(CCCN)c2cc(Cl)ccc12. The van der Waals surface area contributed by atoms with Gasteiger partial charge in [0.2, 0.25) is 0 Å². The molecule has 1 heterocycles. The second-order valence-electron chi connectivity index (χ2n) is 4.74. The molecule has 0 bridgehead atoms. The molecular weight excluding hydrogens is 232 g/mol. The van der Waals surface area contributed by atoms with Crippen LogP contribution in [0.1, 0.15) is 31.7 Å². The van der Waals surface area contributed by atoms with Crippen molar-refractivity contribution in [2.75, 3.05) is 6.54 Å². The van der Waals surface area contributed by atoms with Gasteiger partial charge in [0, 0.05) is 28.7 Å². The fourth-order valence-corrected chi connectivity index (χ4v) is 2.37. The third kappa shape index (κ3) is 2.48. The van der Waals surface area contributed by atoms with E-state index in [1.165, 1.54) is 16.5 Å². The van der Waals surface area contributed by atoms with Crippen LogP contribution < -0.4 is 5.73 Å². The third-order valence-electron chi connectivity index (χ3n) is 3.10. The van der Waals surface area contributed by atoms with Gasteiger partial charge in [-0.25, -0.2) is 0 Å². The van der Waals surface area contributed by atoms with Crippen molar-refractivity contribution in [2.45, 2.75) is 32.7 Å². The maximum Gasteiger partial charge on any atom is 0.0498 e. The van der Waals surface area contributed by atoms with Crippen molar-refractivity contribution < 1.29 is 0 Å². The van der Waals surface area contributed by atoms with E-state index in [0.717, 1.165) is 24.5 Å². The highest BCUT2D eigenvalue weighted by Crippen LogP contribution is 2.29. The van der Waals surface area contributed by atoms with Crippen LogP contribution in [-0.2, 0) is 6.54 Å². The minimum absolute atomic E-state index is 0.526. The lowest BCUT2D eigenvalue weighted by Gasteiger charge is -2.03. The van der Waals surface area contributed by atoms with Gasteiger partial charge in [-0.2, -0.15) is 0 Å². The smallest absolute Gasteiger partial charge is 0.0498 e. The summed E-state index contributed by atoms with van der Waals surface area (Å²) in [7, 11) is 0. The van der Waals surface area contributed by atoms with Crippen LogP contribution >= 0.6 is 11.6 Å². The van der Waals surface area contributed by atoms with Crippen molar-refractivity contribution in [2.24, 2.45) is 5.73 Å². The topological polar surface area (TPSA) is 30.9 Å². The quantitative estimate of drug-likeness (QED) is 0.880. The van der Waals surface area contributed by atoms with Crippen LogP contribution in [0, 0.1) is 0 Å². The largest absolute Gasteiger partial charge is 0.347 e. The summed E-state index contributed by atoms with van der Waals surface area (Å²) in [5, 5.41) is 2.10. The molecule has 0 saturated carbocycles. The van der Waals surface area contributed by atoms with E-state index in [-0.39, 0.29) is 0 Å². The van der Waals surface area contributed by atoms with Gasteiger partial charge in [-0.05, 0) is 36.6 Å². The van der Waals surface area contributed by atoms with Crippen LogP contribution in [0.2, 0.25) is 5.02 Å². The zero-order valence-corrected chi connectivity index (χ0v) is 11.2. The molecule has 1 aromatic carbocycles. The van der Waals surface area contributed by atoms with E-state index in [1.807, 2.05) is 12.1 Å². The number of fused-ring (bicyclic) bond motifs is 1. The fraction of sp³-hybridized carbons (Fsp3) is 0.429. The average Bonchev–Trinajstić information content (AvgIpc) is 2.64. The van der Waals surface area contributed by atoms with Crippen molar-refractivity contribution in [3.05, 3.63) is 35.0 Å². The predicted octanol–water partition coefficient (Wildman–Crippen LogP) is 3.77. The Morgan fingerprint density at radius 1 is 1.35 bits per heavy atom. The number of hydrogen-bond donors (Lipinski definition) is 1. The zero-order chi connectivity index (χ0) is 12.4. The van der Waals surface area contributed by atoms with Gasteiger partial charge in [0.25, 0.3) is 0 Å². The second kappa shape index (κ2) is 5.11. The number of aryl methyl sites for hydroxylation is 1. The monoisotopic (exact) mass is 250 g/mol. The van der Waals surface area contributed by atoms with Crippen LogP contribution in [-0.4, -0.2) is 11.1 Å². The van der Waals surface area contributed by atoms with Crippen LogP contribution in [0.25, 0.3) is 10.9 Å². The van der Waals surface area contributed by atoms with Crippen molar-refractivity contribution >= 4 is 22.5 Å². The van der Waals surface area contributed by atoms with Crippen LogP contribution in [0.15, 0.2) is 24.4 Å². The molecule has 0 aliphatic carbocycles. The Morgan fingerprint density at radius 3 is 2.76 bits per heavy atom. The highest BCUT2D eigenvalue weighted by Gasteiger charge is 2.11. The normalized spacial score (nSPS) is 11.6. The summed E-state index contributed by atoms with van der Waals surface area (Å²) in [5.74, 6) is 0.526. The first kappa shape index (κ1) is 12.5. The molecule has 0 aliphatic rings.